The normalized spacial score (nSPS) is 15.9. The first-order chi connectivity index (χ1) is 13.2. The number of carboxylic acids is 1. The van der Waals surface area contributed by atoms with Crippen LogP contribution in [-0.2, 0) is 4.79 Å². The molecule has 0 radical (unpaired) electrons. The Morgan fingerprint density at radius 1 is 0.750 bits per heavy atom. The highest BCUT2D eigenvalue weighted by atomic mass is 16.4. The third-order valence-electron chi connectivity index (χ3n) is 4.07. The molecule has 1 atom stereocenters. The van der Waals surface area contributed by atoms with Crippen molar-refractivity contribution in [2.24, 2.45) is 5.41 Å². The van der Waals surface area contributed by atoms with Crippen LogP contribution in [0.4, 0.5) is 0 Å². The molecule has 0 bridgehead atoms. The zero-order valence-corrected chi connectivity index (χ0v) is 18.0. The Morgan fingerprint density at radius 3 is 1.61 bits per heavy atom. The molecule has 3 nitrogen and oxygen atoms in total. The molecular weight excluding hydrogens is 348 g/mol. The van der Waals surface area contributed by atoms with Crippen LogP contribution in [0.2, 0.25) is 0 Å². The maximum Gasteiger partial charge on any atom is 0.309 e. The fourth-order valence-electron chi connectivity index (χ4n) is 2.60. The fourth-order valence-corrected chi connectivity index (χ4v) is 2.60. The molecule has 0 amide bonds. The summed E-state index contributed by atoms with van der Waals surface area (Å²) < 4.78 is 0. The van der Waals surface area contributed by atoms with Gasteiger partial charge in [0.2, 0.25) is 0 Å². The summed E-state index contributed by atoms with van der Waals surface area (Å²) >= 11 is 0. The predicted octanol–water partition coefficient (Wildman–Crippen LogP) is 6.55. The van der Waals surface area contributed by atoms with Crippen LogP contribution in [-0.4, -0.2) is 21.8 Å². The van der Waals surface area contributed by atoms with E-state index in [0.717, 1.165) is 32.1 Å². The Morgan fingerprint density at radius 2 is 1.18 bits per heavy atom. The van der Waals surface area contributed by atoms with Gasteiger partial charge in [0.15, 0.2) is 0 Å². The lowest BCUT2D eigenvalue weighted by atomic mass is 9.81. The number of hydrogen-bond donors (Lipinski definition) is 2. The summed E-state index contributed by atoms with van der Waals surface area (Å²) in [6.45, 7) is 7.01. The van der Waals surface area contributed by atoms with Crippen LogP contribution in [0.25, 0.3) is 0 Å². The van der Waals surface area contributed by atoms with E-state index in [4.69, 9.17) is 5.11 Å². The van der Waals surface area contributed by atoms with Crippen LogP contribution in [0.3, 0.4) is 0 Å². The van der Waals surface area contributed by atoms with E-state index >= 15 is 0 Å². The molecule has 0 aromatic rings. The van der Waals surface area contributed by atoms with E-state index in [-0.39, 0.29) is 6.42 Å². The van der Waals surface area contributed by atoms with Crippen LogP contribution < -0.4 is 0 Å². The van der Waals surface area contributed by atoms with Crippen LogP contribution in [0.1, 0.15) is 66.2 Å². The lowest BCUT2D eigenvalue weighted by molar-refractivity contribution is -0.149. The van der Waals surface area contributed by atoms with Crippen molar-refractivity contribution in [3.63, 3.8) is 0 Å². The highest BCUT2D eigenvalue weighted by molar-refractivity contribution is 5.73. The molecule has 0 aliphatic heterocycles. The summed E-state index contributed by atoms with van der Waals surface area (Å²) in [5, 5.41) is 19.5. The van der Waals surface area contributed by atoms with E-state index in [0.29, 0.717) is 0 Å². The minimum atomic E-state index is -1.15. The third-order valence-corrected chi connectivity index (χ3v) is 4.07. The Balaban J connectivity index is 4.02. The smallest absolute Gasteiger partial charge is 0.309 e. The van der Waals surface area contributed by atoms with Crippen LogP contribution >= 0.6 is 0 Å². The SMILES string of the molecule is CC/C=C\C/C=C\C/C=C\C/C=C\C/C=C\C=C\C(C)(O)CC(C)(C)C(=O)O. The van der Waals surface area contributed by atoms with Crippen molar-refractivity contribution < 1.29 is 15.0 Å². The van der Waals surface area contributed by atoms with E-state index in [2.05, 4.69) is 55.5 Å². The Hall–Kier alpha value is -2.13. The van der Waals surface area contributed by atoms with E-state index in [1.54, 1.807) is 32.9 Å². The van der Waals surface area contributed by atoms with Gasteiger partial charge in [-0.2, -0.15) is 0 Å². The lowest BCUT2D eigenvalue weighted by Crippen LogP contribution is -2.34. The molecule has 0 rings (SSSR count). The van der Waals surface area contributed by atoms with E-state index in [9.17, 15) is 9.90 Å². The summed E-state index contributed by atoms with van der Waals surface area (Å²) in [5.41, 5.74) is -2.11. The molecule has 0 saturated heterocycles. The summed E-state index contributed by atoms with van der Waals surface area (Å²) in [6.07, 6.45) is 29.6. The number of aliphatic carboxylic acids is 1. The predicted molar refractivity (Wildman–Crippen MR) is 120 cm³/mol. The maximum absolute atomic E-state index is 11.2. The first-order valence-electron chi connectivity index (χ1n) is 10.1. The minimum Gasteiger partial charge on any atom is -0.481 e. The number of hydrogen-bond acceptors (Lipinski definition) is 2. The molecule has 3 heteroatoms. The number of carbonyl (C=O) groups is 1. The van der Waals surface area contributed by atoms with Crippen LogP contribution in [0.5, 0.6) is 0 Å². The average Bonchev–Trinajstić information content (AvgIpc) is 2.60. The third kappa shape index (κ3) is 15.0. The molecule has 156 valence electrons. The molecule has 0 aromatic carbocycles. The summed E-state index contributed by atoms with van der Waals surface area (Å²) in [4.78, 5) is 11.2. The van der Waals surface area contributed by atoms with Crippen molar-refractivity contribution in [1.82, 2.24) is 0 Å². The van der Waals surface area contributed by atoms with Crippen LogP contribution in [0.15, 0.2) is 72.9 Å². The fraction of sp³-hybridized carbons (Fsp3) is 0.480. The number of carboxylic acid groups (broad SMARTS) is 1. The first kappa shape index (κ1) is 25.9. The van der Waals surface area contributed by atoms with Crippen molar-refractivity contribution in [2.45, 2.75) is 71.8 Å². The van der Waals surface area contributed by atoms with Gasteiger partial charge in [-0.05, 0) is 59.3 Å². The largest absolute Gasteiger partial charge is 0.481 e. The lowest BCUT2D eigenvalue weighted by Gasteiger charge is -2.28. The monoisotopic (exact) mass is 386 g/mol. The van der Waals surface area contributed by atoms with Crippen molar-refractivity contribution in [3.8, 4) is 0 Å². The second-order valence-electron chi connectivity index (χ2n) is 7.75. The van der Waals surface area contributed by atoms with Crippen molar-refractivity contribution >= 4 is 5.97 Å². The highest BCUT2D eigenvalue weighted by Gasteiger charge is 2.34. The Labute approximate surface area is 171 Å². The van der Waals surface area contributed by atoms with E-state index in [1.165, 1.54) is 0 Å². The van der Waals surface area contributed by atoms with Gasteiger partial charge in [-0.25, -0.2) is 0 Å². The second kappa shape index (κ2) is 14.9. The van der Waals surface area contributed by atoms with Gasteiger partial charge in [0.1, 0.15) is 0 Å². The number of rotatable bonds is 14. The van der Waals surface area contributed by atoms with Gasteiger partial charge in [-0.15, -0.1) is 0 Å². The quantitative estimate of drug-likeness (QED) is 0.263. The summed E-state index contributed by atoms with van der Waals surface area (Å²) in [6, 6.07) is 0. The van der Waals surface area contributed by atoms with Gasteiger partial charge in [0.05, 0.1) is 11.0 Å². The molecular formula is C25H38O3. The summed E-state index contributed by atoms with van der Waals surface area (Å²) in [7, 11) is 0. The number of allylic oxidation sites excluding steroid dienone is 11. The molecule has 0 aliphatic rings. The van der Waals surface area contributed by atoms with Gasteiger partial charge in [-0.3, -0.25) is 4.79 Å². The van der Waals surface area contributed by atoms with Crippen LogP contribution in [0, 0.1) is 5.41 Å². The molecule has 0 fully saturated rings. The van der Waals surface area contributed by atoms with E-state index in [1.807, 2.05) is 12.2 Å². The van der Waals surface area contributed by atoms with Gasteiger partial charge in [-0.1, -0.05) is 79.8 Å². The van der Waals surface area contributed by atoms with Gasteiger partial charge in [0, 0.05) is 0 Å². The highest BCUT2D eigenvalue weighted by Crippen LogP contribution is 2.29. The van der Waals surface area contributed by atoms with Crippen molar-refractivity contribution in [3.05, 3.63) is 72.9 Å². The van der Waals surface area contributed by atoms with E-state index < -0.39 is 17.0 Å². The zero-order chi connectivity index (χ0) is 21.3. The minimum absolute atomic E-state index is 0.163. The van der Waals surface area contributed by atoms with Gasteiger partial charge in [0.25, 0.3) is 0 Å². The molecule has 1 unspecified atom stereocenters. The average molecular weight is 387 g/mol. The molecule has 0 aromatic heterocycles. The Kier molecular flexibility index (Phi) is 13.7. The van der Waals surface area contributed by atoms with Crippen molar-refractivity contribution in [1.29, 1.82) is 0 Å². The van der Waals surface area contributed by atoms with Gasteiger partial charge >= 0.3 is 5.97 Å². The number of aliphatic hydroxyl groups is 1. The molecule has 2 N–H and O–H groups in total. The molecule has 0 saturated carbocycles. The van der Waals surface area contributed by atoms with Crippen molar-refractivity contribution in [2.75, 3.05) is 0 Å². The molecule has 28 heavy (non-hydrogen) atoms. The molecule has 0 aliphatic carbocycles. The maximum atomic E-state index is 11.2. The summed E-state index contributed by atoms with van der Waals surface area (Å²) in [5.74, 6) is -0.906. The zero-order valence-electron chi connectivity index (χ0n) is 18.0. The van der Waals surface area contributed by atoms with Gasteiger partial charge < -0.3 is 10.2 Å². The molecule has 0 spiro atoms. The Bertz CT molecular complexity index is 599. The molecule has 0 heterocycles. The first-order valence-corrected chi connectivity index (χ1v) is 10.1. The second-order valence-corrected chi connectivity index (χ2v) is 7.75. The topological polar surface area (TPSA) is 57.5 Å². The standard InChI is InChI=1S/C25H38O3/c1-5-6-7-8-9-10-11-12-13-14-15-16-17-18-19-20-21-25(4,28)22-24(2,3)23(26)27/h6-7,9-10,12-13,15-16,18-21,28H,5,8,11,14,17,22H2,1-4H3,(H,26,27)/b7-6-,10-9-,13-12-,16-15-,19-18-,21-20+.